The number of carboxylic acids is 1. The van der Waals surface area contributed by atoms with Gasteiger partial charge in [-0.25, -0.2) is 4.79 Å². The van der Waals surface area contributed by atoms with Gasteiger partial charge in [0.2, 0.25) is 0 Å². The van der Waals surface area contributed by atoms with Gasteiger partial charge in [0.25, 0.3) is 0 Å². The second-order valence-electron chi connectivity index (χ2n) is 7.42. The van der Waals surface area contributed by atoms with Crippen molar-refractivity contribution in [2.75, 3.05) is 37.6 Å². The summed E-state index contributed by atoms with van der Waals surface area (Å²) in [7, 11) is 0. The van der Waals surface area contributed by atoms with Crippen molar-refractivity contribution in [2.45, 2.75) is 19.8 Å². The summed E-state index contributed by atoms with van der Waals surface area (Å²) in [6.45, 7) is 7.03. The van der Waals surface area contributed by atoms with E-state index in [0.717, 1.165) is 66.2 Å². The van der Waals surface area contributed by atoms with Gasteiger partial charge in [-0.15, -0.1) is 11.3 Å². The Kier molecular flexibility index (Phi) is 6.09. The molecule has 0 amide bonds. The van der Waals surface area contributed by atoms with Gasteiger partial charge in [-0.3, -0.25) is 4.90 Å². The van der Waals surface area contributed by atoms with Gasteiger partial charge in [0.1, 0.15) is 4.88 Å². The van der Waals surface area contributed by atoms with Gasteiger partial charge in [0.15, 0.2) is 0 Å². The van der Waals surface area contributed by atoms with E-state index in [0.29, 0.717) is 4.88 Å². The van der Waals surface area contributed by atoms with Crippen LogP contribution in [0.5, 0.6) is 0 Å². The predicted octanol–water partition coefficient (Wildman–Crippen LogP) is 5.18. The maximum absolute atomic E-state index is 11.7. The van der Waals surface area contributed by atoms with Crippen LogP contribution in [0.15, 0.2) is 42.5 Å². The summed E-state index contributed by atoms with van der Waals surface area (Å²) in [5, 5.41) is 11.5. The lowest BCUT2D eigenvalue weighted by Crippen LogP contribution is -2.47. The highest BCUT2D eigenvalue weighted by atomic mass is 35.5. The standard InChI is InChI=1S/C23H25ClN2O2S/c1-2-18-21-19(4-3-5-20(21)29-22(18)23(27)28)26-14-12-25(13-15-26)11-10-16-6-8-17(24)9-7-16/h3-9H,2,10-15H2,1H3,(H,27,28). The minimum atomic E-state index is -0.819. The summed E-state index contributed by atoms with van der Waals surface area (Å²) < 4.78 is 1.07. The molecule has 1 aliphatic rings. The van der Waals surface area contributed by atoms with Gasteiger partial charge in [0, 0.05) is 53.5 Å². The molecule has 4 rings (SSSR count). The highest BCUT2D eigenvalue weighted by Crippen LogP contribution is 2.38. The number of halogens is 1. The molecule has 152 valence electrons. The number of benzene rings is 2. The van der Waals surface area contributed by atoms with E-state index >= 15 is 0 Å². The zero-order valence-electron chi connectivity index (χ0n) is 16.5. The fourth-order valence-corrected chi connectivity index (χ4v) is 5.40. The number of piperazine rings is 1. The molecule has 0 radical (unpaired) electrons. The van der Waals surface area contributed by atoms with Crippen molar-refractivity contribution in [1.29, 1.82) is 0 Å². The second kappa shape index (κ2) is 8.74. The SMILES string of the molecule is CCc1c(C(=O)O)sc2cccc(N3CCN(CCc4ccc(Cl)cc4)CC3)c12. The molecule has 1 N–H and O–H groups in total. The number of rotatable bonds is 6. The number of aryl methyl sites for hydroxylation is 1. The smallest absolute Gasteiger partial charge is 0.346 e. The van der Waals surface area contributed by atoms with Gasteiger partial charge in [-0.2, -0.15) is 0 Å². The van der Waals surface area contributed by atoms with Crippen LogP contribution in [0.4, 0.5) is 5.69 Å². The molecule has 1 saturated heterocycles. The normalized spacial score (nSPS) is 15.2. The second-order valence-corrected chi connectivity index (χ2v) is 8.91. The lowest BCUT2D eigenvalue weighted by atomic mass is 10.0. The van der Waals surface area contributed by atoms with Gasteiger partial charge in [0.05, 0.1) is 0 Å². The number of anilines is 1. The Hall–Kier alpha value is -2.08. The lowest BCUT2D eigenvalue weighted by Gasteiger charge is -2.36. The van der Waals surface area contributed by atoms with Gasteiger partial charge in [-0.05, 0) is 48.2 Å². The maximum Gasteiger partial charge on any atom is 0.346 e. The molecule has 0 bridgehead atoms. The highest BCUT2D eigenvalue weighted by Gasteiger charge is 2.23. The molecule has 1 fully saturated rings. The monoisotopic (exact) mass is 428 g/mol. The largest absolute Gasteiger partial charge is 0.477 e. The Labute approximate surface area is 180 Å². The minimum Gasteiger partial charge on any atom is -0.477 e. The zero-order chi connectivity index (χ0) is 20.4. The zero-order valence-corrected chi connectivity index (χ0v) is 18.1. The van der Waals surface area contributed by atoms with Crippen LogP contribution in [0.2, 0.25) is 5.02 Å². The topological polar surface area (TPSA) is 43.8 Å². The molecule has 2 aromatic carbocycles. The van der Waals surface area contributed by atoms with Crippen LogP contribution in [-0.4, -0.2) is 48.7 Å². The number of thiophene rings is 1. The van der Waals surface area contributed by atoms with Gasteiger partial charge >= 0.3 is 5.97 Å². The van der Waals surface area contributed by atoms with Crippen LogP contribution in [-0.2, 0) is 12.8 Å². The van der Waals surface area contributed by atoms with E-state index in [-0.39, 0.29) is 0 Å². The molecule has 4 nitrogen and oxygen atoms in total. The average Bonchev–Trinajstić information content (AvgIpc) is 3.13. The number of aromatic carboxylic acids is 1. The first-order chi connectivity index (χ1) is 14.1. The molecule has 2 heterocycles. The maximum atomic E-state index is 11.7. The first kappa shape index (κ1) is 20.2. The fourth-order valence-electron chi connectivity index (χ4n) is 4.12. The van der Waals surface area contributed by atoms with E-state index < -0.39 is 5.97 Å². The van der Waals surface area contributed by atoms with Crippen molar-refractivity contribution in [3.05, 3.63) is 63.5 Å². The summed E-state index contributed by atoms with van der Waals surface area (Å²) in [5.74, 6) is -0.819. The average molecular weight is 429 g/mol. The molecule has 0 spiro atoms. The van der Waals surface area contributed by atoms with Crippen LogP contribution in [0.1, 0.15) is 27.7 Å². The quantitative estimate of drug-likeness (QED) is 0.587. The van der Waals surface area contributed by atoms with E-state index in [1.807, 2.05) is 31.2 Å². The Bertz CT molecular complexity index is 1010. The molecule has 0 unspecified atom stereocenters. The van der Waals surface area contributed by atoms with Crippen LogP contribution in [0, 0.1) is 0 Å². The van der Waals surface area contributed by atoms with E-state index in [9.17, 15) is 9.90 Å². The third-order valence-corrected chi connectivity index (χ3v) is 7.12. The van der Waals surface area contributed by atoms with Gasteiger partial charge < -0.3 is 10.0 Å². The summed E-state index contributed by atoms with van der Waals surface area (Å²) in [6, 6.07) is 14.3. The molecule has 1 aliphatic heterocycles. The van der Waals surface area contributed by atoms with E-state index in [1.165, 1.54) is 22.6 Å². The van der Waals surface area contributed by atoms with E-state index in [4.69, 9.17) is 11.6 Å². The number of nitrogens with zero attached hydrogens (tertiary/aromatic N) is 2. The van der Waals surface area contributed by atoms with Crippen molar-refractivity contribution in [3.8, 4) is 0 Å². The molecule has 0 atom stereocenters. The molecule has 1 aromatic heterocycles. The first-order valence-electron chi connectivity index (χ1n) is 10.1. The lowest BCUT2D eigenvalue weighted by molar-refractivity contribution is 0.0701. The van der Waals surface area contributed by atoms with Crippen molar-refractivity contribution in [2.24, 2.45) is 0 Å². The Morgan fingerprint density at radius 2 is 1.83 bits per heavy atom. The van der Waals surface area contributed by atoms with E-state index in [1.54, 1.807) is 0 Å². The van der Waals surface area contributed by atoms with Gasteiger partial charge in [-0.1, -0.05) is 36.7 Å². The summed E-state index contributed by atoms with van der Waals surface area (Å²) in [4.78, 5) is 17.1. The van der Waals surface area contributed by atoms with E-state index in [2.05, 4.69) is 28.0 Å². The van der Waals surface area contributed by atoms with Crippen LogP contribution in [0.3, 0.4) is 0 Å². The number of hydrogen-bond donors (Lipinski definition) is 1. The Balaban J connectivity index is 1.46. The third kappa shape index (κ3) is 4.27. The van der Waals surface area contributed by atoms with Crippen molar-refractivity contribution in [1.82, 2.24) is 4.90 Å². The van der Waals surface area contributed by atoms with Crippen LogP contribution in [0.25, 0.3) is 10.1 Å². The van der Waals surface area contributed by atoms with Crippen molar-refractivity contribution in [3.63, 3.8) is 0 Å². The third-order valence-electron chi connectivity index (χ3n) is 5.68. The molecule has 0 saturated carbocycles. The number of carboxylic acid groups (broad SMARTS) is 1. The van der Waals surface area contributed by atoms with Crippen molar-refractivity contribution >= 4 is 44.7 Å². The molecular formula is C23H25ClN2O2S. The van der Waals surface area contributed by atoms with Crippen LogP contribution < -0.4 is 4.90 Å². The molecule has 6 heteroatoms. The predicted molar refractivity (Wildman–Crippen MR) is 122 cm³/mol. The number of carbonyl (C=O) groups is 1. The van der Waals surface area contributed by atoms with Crippen molar-refractivity contribution < 1.29 is 9.90 Å². The summed E-state index contributed by atoms with van der Waals surface area (Å²) in [6.07, 6.45) is 1.76. The fraction of sp³-hybridized carbons (Fsp3) is 0.348. The molecule has 29 heavy (non-hydrogen) atoms. The first-order valence-corrected chi connectivity index (χ1v) is 11.3. The molecule has 3 aromatic rings. The number of hydrogen-bond acceptors (Lipinski definition) is 4. The molecular weight excluding hydrogens is 404 g/mol. The van der Waals surface area contributed by atoms with Crippen LogP contribution >= 0.6 is 22.9 Å². The Morgan fingerprint density at radius 1 is 1.10 bits per heavy atom. The highest BCUT2D eigenvalue weighted by molar-refractivity contribution is 7.21. The summed E-state index contributed by atoms with van der Waals surface area (Å²) in [5.41, 5.74) is 3.47. The number of fused-ring (bicyclic) bond motifs is 1. The summed E-state index contributed by atoms with van der Waals surface area (Å²) >= 11 is 7.36. The molecule has 0 aliphatic carbocycles. The Morgan fingerprint density at radius 3 is 2.48 bits per heavy atom. The minimum absolute atomic E-state index is 0.483.